The maximum atomic E-state index is 12.1. The van der Waals surface area contributed by atoms with E-state index >= 15 is 0 Å². The predicted molar refractivity (Wildman–Crippen MR) is 116 cm³/mol. The van der Waals surface area contributed by atoms with E-state index in [9.17, 15) is 13.2 Å². The molecule has 2 aromatic rings. The topological polar surface area (TPSA) is 87.3 Å². The van der Waals surface area contributed by atoms with Gasteiger partial charge in [0.1, 0.15) is 0 Å². The first-order chi connectivity index (χ1) is 12.9. The zero-order valence-corrected chi connectivity index (χ0v) is 17.9. The molecule has 0 radical (unpaired) electrons. The number of benzene rings is 2. The summed E-state index contributed by atoms with van der Waals surface area (Å²) in [6.45, 7) is 8.84. The zero-order valence-electron chi connectivity index (χ0n) is 17.1. The van der Waals surface area contributed by atoms with Gasteiger partial charge < -0.3 is 10.6 Å². The molecule has 2 aromatic carbocycles. The summed E-state index contributed by atoms with van der Waals surface area (Å²) in [6.07, 6.45) is 1.84. The van der Waals surface area contributed by atoms with Crippen molar-refractivity contribution in [2.24, 2.45) is 0 Å². The van der Waals surface area contributed by atoms with Crippen molar-refractivity contribution in [2.75, 3.05) is 22.8 Å². The number of carbonyl (C=O) groups is 1. The molecule has 2 rings (SSSR count). The SMILES string of the molecule is Cc1cc(NC(=O)NCCc2ccc(C(C)(C)C)cc2)ccc1NS(C)(=O)=O. The van der Waals surface area contributed by atoms with Crippen molar-refractivity contribution in [3.8, 4) is 0 Å². The first-order valence-corrected chi connectivity index (χ1v) is 11.1. The summed E-state index contributed by atoms with van der Waals surface area (Å²) < 4.78 is 25.1. The number of amides is 2. The number of sulfonamides is 1. The number of hydrogen-bond donors (Lipinski definition) is 3. The second-order valence-electron chi connectivity index (χ2n) is 7.98. The Morgan fingerprint density at radius 1 is 1.04 bits per heavy atom. The molecular weight excluding hydrogens is 374 g/mol. The minimum absolute atomic E-state index is 0.126. The summed E-state index contributed by atoms with van der Waals surface area (Å²) in [5.41, 5.74) is 4.39. The van der Waals surface area contributed by atoms with Gasteiger partial charge in [0.2, 0.25) is 10.0 Å². The summed E-state index contributed by atoms with van der Waals surface area (Å²) in [4.78, 5) is 12.1. The quantitative estimate of drug-likeness (QED) is 0.680. The Morgan fingerprint density at radius 2 is 1.68 bits per heavy atom. The van der Waals surface area contributed by atoms with E-state index in [4.69, 9.17) is 0 Å². The van der Waals surface area contributed by atoms with E-state index in [1.807, 2.05) is 0 Å². The minimum Gasteiger partial charge on any atom is -0.338 e. The number of carbonyl (C=O) groups excluding carboxylic acids is 1. The molecule has 6 nitrogen and oxygen atoms in total. The molecular formula is C21H29N3O3S. The van der Waals surface area contributed by atoms with Gasteiger partial charge in [0.05, 0.1) is 11.9 Å². The van der Waals surface area contributed by atoms with Gasteiger partial charge in [-0.3, -0.25) is 4.72 Å². The van der Waals surface area contributed by atoms with E-state index in [2.05, 4.69) is 60.4 Å². The van der Waals surface area contributed by atoms with Gasteiger partial charge in [-0.2, -0.15) is 0 Å². The Hall–Kier alpha value is -2.54. The van der Waals surface area contributed by atoms with Crippen molar-refractivity contribution < 1.29 is 13.2 Å². The van der Waals surface area contributed by atoms with Crippen LogP contribution in [0.2, 0.25) is 0 Å². The van der Waals surface area contributed by atoms with E-state index in [0.717, 1.165) is 18.2 Å². The lowest BCUT2D eigenvalue weighted by molar-refractivity contribution is 0.252. The van der Waals surface area contributed by atoms with Crippen LogP contribution in [-0.4, -0.2) is 27.2 Å². The molecule has 0 fully saturated rings. The highest BCUT2D eigenvalue weighted by Crippen LogP contribution is 2.22. The molecule has 0 aromatic heterocycles. The third-order valence-electron chi connectivity index (χ3n) is 4.30. The fourth-order valence-electron chi connectivity index (χ4n) is 2.72. The Labute approximate surface area is 167 Å². The second kappa shape index (κ2) is 8.65. The fourth-order valence-corrected chi connectivity index (χ4v) is 3.35. The molecule has 152 valence electrons. The van der Waals surface area contributed by atoms with Crippen LogP contribution in [-0.2, 0) is 21.9 Å². The molecule has 0 atom stereocenters. The summed E-state index contributed by atoms with van der Waals surface area (Å²) in [7, 11) is -3.33. The highest BCUT2D eigenvalue weighted by atomic mass is 32.2. The summed E-state index contributed by atoms with van der Waals surface area (Å²) in [5.74, 6) is 0. The molecule has 7 heteroatoms. The third-order valence-corrected chi connectivity index (χ3v) is 4.89. The van der Waals surface area contributed by atoms with E-state index in [1.54, 1.807) is 25.1 Å². The largest absolute Gasteiger partial charge is 0.338 e. The molecule has 0 aliphatic rings. The highest BCUT2D eigenvalue weighted by molar-refractivity contribution is 7.92. The van der Waals surface area contributed by atoms with E-state index in [1.165, 1.54) is 11.1 Å². The van der Waals surface area contributed by atoms with Crippen molar-refractivity contribution in [1.82, 2.24) is 5.32 Å². The third kappa shape index (κ3) is 6.88. The van der Waals surface area contributed by atoms with Crippen molar-refractivity contribution in [1.29, 1.82) is 0 Å². The van der Waals surface area contributed by atoms with E-state index in [0.29, 0.717) is 17.9 Å². The molecule has 0 saturated carbocycles. The summed E-state index contributed by atoms with van der Waals surface area (Å²) in [5, 5.41) is 5.60. The smallest absolute Gasteiger partial charge is 0.319 e. The highest BCUT2D eigenvalue weighted by Gasteiger charge is 2.12. The molecule has 0 heterocycles. The van der Waals surface area contributed by atoms with Crippen molar-refractivity contribution in [3.05, 3.63) is 59.2 Å². The maximum absolute atomic E-state index is 12.1. The van der Waals surface area contributed by atoms with Gasteiger partial charge >= 0.3 is 6.03 Å². The van der Waals surface area contributed by atoms with Gasteiger partial charge in [-0.1, -0.05) is 45.0 Å². The molecule has 0 aliphatic heterocycles. The Bertz CT molecular complexity index is 930. The average Bonchev–Trinajstić information content (AvgIpc) is 2.56. The Balaban J connectivity index is 1.85. The predicted octanol–water partition coefficient (Wildman–Crippen LogP) is 4.03. The maximum Gasteiger partial charge on any atom is 0.319 e. The number of rotatable bonds is 6. The van der Waals surface area contributed by atoms with Crippen LogP contribution >= 0.6 is 0 Å². The standard InChI is InChI=1S/C21H29N3O3S/c1-15-14-18(10-11-19(15)24-28(5,26)27)23-20(25)22-13-12-16-6-8-17(9-7-16)21(2,3)4/h6-11,14,24H,12-13H2,1-5H3,(H2,22,23,25). The Kier molecular flexibility index (Phi) is 6.72. The molecule has 28 heavy (non-hydrogen) atoms. The van der Waals surface area contributed by atoms with Gasteiger partial charge in [-0.15, -0.1) is 0 Å². The van der Waals surface area contributed by atoms with Gasteiger partial charge in [-0.25, -0.2) is 13.2 Å². The van der Waals surface area contributed by atoms with E-state index in [-0.39, 0.29) is 11.4 Å². The van der Waals surface area contributed by atoms with Crippen molar-refractivity contribution in [3.63, 3.8) is 0 Å². The molecule has 2 amide bonds. The molecule has 3 N–H and O–H groups in total. The molecule has 0 spiro atoms. The first kappa shape index (κ1) is 21.8. The monoisotopic (exact) mass is 403 g/mol. The van der Waals surface area contributed by atoms with Crippen molar-refractivity contribution >= 4 is 27.4 Å². The van der Waals surface area contributed by atoms with Crippen LogP contribution in [0.3, 0.4) is 0 Å². The first-order valence-electron chi connectivity index (χ1n) is 9.17. The van der Waals surface area contributed by atoms with Crippen molar-refractivity contribution in [2.45, 2.75) is 39.5 Å². The van der Waals surface area contributed by atoms with Crippen LogP contribution in [0.4, 0.5) is 16.2 Å². The number of urea groups is 1. The molecule has 0 aliphatic carbocycles. The average molecular weight is 404 g/mol. The zero-order chi connectivity index (χ0) is 20.9. The van der Waals surface area contributed by atoms with Gasteiger partial charge in [-0.05, 0) is 53.6 Å². The van der Waals surface area contributed by atoms with Gasteiger partial charge in [0.25, 0.3) is 0 Å². The summed E-state index contributed by atoms with van der Waals surface area (Å²) in [6, 6.07) is 13.2. The lowest BCUT2D eigenvalue weighted by Crippen LogP contribution is -2.30. The van der Waals surface area contributed by atoms with Crippen LogP contribution in [0.5, 0.6) is 0 Å². The normalized spacial score (nSPS) is 11.8. The lowest BCUT2D eigenvalue weighted by Gasteiger charge is -2.19. The second-order valence-corrected chi connectivity index (χ2v) is 9.73. The number of aryl methyl sites for hydroxylation is 1. The Morgan fingerprint density at radius 3 is 2.21 bits per heavy atom. The molecule has 0 bridgehead atoms. The van der Waals surface area contributed by atoms with E-state index < -0.39 is 10.0 Å². The van der Waals surface area contributed by atoms with Gasteiger partial charge in [0, 0.05) is 12.2 Å². The van der Waals surface area contributed by atoms with Gasteiger partial charge in [0.15, 0.2) is 0 Å². The molecule has 0 unspecified atom stereocenters. The van der Waals surface area contributed by atoms with Crippen LogP contribution in [0.15, 0.2) is 42.5 Å². The number of nitrogens with one attached hydrogen (secondary N) is 3. The van der Waals surface area contributed by atoms with Crippen LogP contribution in [0, 0.1) is 6.92 Å². The minimum atomic E-state index is -3.33. The number of hydrogen-bond acceptors (Lipinski definition) is 3. The van der Waals surface area contributed by atoms with Crippen LogP contribution in [0.1, 0.15) is 37.5 Å². The molecule has 0 saturated heterocycles. The fraction of sp³-hybridized carbons (Fsp3) is 0.381. The lowest BCUT2D eigenvalue weighted by atomic mass is 9.86. The van der Waals surface area contributed by atoms with Crippen LogP contribution in [0.25, 0.3) is 0 Å². The van der Waals surface area contributed by atoms with Crippen LogP contribution < -0.4 is 15.4 Å². The summed E-state index contributed by atoms with van der Waals surface area (Å²) >= 11 is 0. The number of anilines is 2.